The topological polar surface area (TPSA) is 51.8 Å². The zero-order valence-electron chi connectivity index (χ0n) is 10.7. The largest absolute Gasteiger partial charge is 0.327 e. The number of hydrogen-bond donors (Lipinski definition) is 1. The first kappa shape index (κ1) is 13.3. The van der Waals surface area contributed by atoms with Gasteiger partial charge in [-0.05, 0) is 36.2 Å². The van der Waals surface area contributed by atoms with Gasteiger partial charge in [-0.3, -0.25) is 0 Å². The van der Waals surface area contributed by atoms with Crippen molar-refractivity contribution < 1.29 is 0 Å². The summed E-state index contributed by atoms with van der Waals surface area (Å²) < 4.78 is 5.42. The normalized spacial score (nSPS) is 33.9. The van der Waals surface area contributed by atoms with Gasteiger partial charge >= 0.3 is 0 Å². The van der Waals surface area contributed by atoms with Crippen molar-refractivity contribution in [1.29, 1.82) is 0 Å². The van der Waals surface area contributed by atoms with Crippen LogP contribution in [0, 0.1) is 11.8 Å². The Hall–Kier alpha value is -0.130. The highest BCUT2D eigenvalue weighted by Crippen LogP contribution is 2.39. The third-order valence-corrected chi connectivity index (χ3v) is 5.88. The Morgan fingerprint density at radius 2 is 2.18 bits per heavy atom. The second-order valence-electron chi connectivity index (χ2n) is 5.13. The van der Waals surface area contributed by atoms with E-state index in [1.165, 1.54) is 18.0 Å². The van der Waals surface area contributed by atoms with Crippen LogP contribution in [0.4, 0.5) is 0 Å². The summed E-state index contributed by atoms with van der Waals surface area (Å²) in [6.07, 6.45) is 3.34. The monoisotopic (exact) mass is 271 g/mol. The molecule has 5 heteroatoms. The van der Waals surface area contributed by atoms with Crippen LogP contribution < -0.4 is 5.73 Å². The first-order chi connectivity index (χ1) is 8.10. The van der Waals surface area contributed by atoms with Crippen molar-refractivity contribution in [1.82, 2.24) is 9.36 Å². The summed E-state index contributed by atoms with van der Waals surface area (Å²) in [4.78, 5) is 4.53. The molecule has 0 aromatic carbocycles. The average molecular weight is 271 g/mol. The molecular weight excluding hydrogens is 250 g/mol. The number of hydrogen-bond acceptors (Lipinski definition) is 5. The van der Waals surface area contributed by atoms with E-state index >= 15 is 0 Å². The van der Waals surface area contributed by atoms with E-state index in [2.05, 4.69) is 30.1 Å². The van der Waals surface area contributed by atoms with Gasteiger partial charge < -0.3 is 5.73 Å². The summed E-state index contributed by atoms with van der Waals surface area (Å²) in [6.45, 7) is 6.71. The molecule has 1 aromatic rings. The van der Waals surface area contributed by atoms with E-state index in [0.717, 1.165) is 28.9 Å². The van der Waals surface area contributed by atoms with Crippen LogP contribution in [-0.2, 0) is 6.42 Å². The fraction of sp³-hybridized carbons (Fsp3) is 0.833. The maximum absolute atomic E-state index is 6.28. The highest BCUT2D eigenvalue weighted by molar-refractivity contribution is 8.01. The molecule has 4 atom stereocenters. The lowest BCUT2D eigenvalue weighted by Gasteiger charge is -2.36. The molecule has 1 aromatic heterocycles. The molecule has 0 radical (unpaired) electrons. The Bertz CT molecular complexity index is 354. The molecule has 3 nitrogen and oxygen atoms in total. The summed E-state index contributed by atoms with van der Waals surface area (Å²) in [7, 11) is 0. The summed E-state index contributed by atoms with van der Waals surface area (Å²) in [5.74, 6) is 2.40. The van der Waals surface area contributed by atoms with Gasteiger partial charge in [0.25, 0.3) is 0 Å². The van der Waals surface area contributed by atoms with Crippen LogP contribution in [-0.4, -0.2) is 20.6 Å². The van der Waals surface area contributed by atoms with E-state index in [9.17, 15) is 0 Å². The molecule has 4 unspecified atom stereocenters. The Morgan fingerprint density at radius 1 is 1.41 bits per heavy atom. The fourth-order valence-corrected chi connectivity index (χ4v) is 4.77. The smallest absolute Gasteiger partial charge is 0.170 e. The maximum Gasteiger partial charge on any atom is 0.170 e. The second-order valence-corrected chi connectivity index (χ2v) is 7.31. The van der Waals surface area contributed by atoms with E-state index in [-0.39, 0.29) is 0 Å². The van der Waals surface area contributed by atoms with Crippen molar-refractivity contribution in [3.8, 4) is 0 Å². The summed E-state index contributed by atoms with van der Waals surface area (Å²) >= 11 is 3.36. The van der Waals surface area contributed by atoms with Crippen LogP contribution >= 0.6 is 23.3 Å². The summed E-state index contributed by atoms with van der Waals surface area (Å²) in [5, 5.41) is 0.504. The van der Waals surface area contributed by atoms with Gasteiger partial charge in [0.15, 0.2) is 4.34 Å². The predicted octanol–water partition coefficient (Wildman–Crippen LogP) is 2.95. The van der Waals surface area contributed by atoms with Crippen molar-refractivity contribution in [2.45, 2.75) is 55.7 Å². The van der Waals surface area contributed by atoms with Crippen molar-refractivity contribution >= 4 is 23.3 Å². The Morgan fingerprint density at radius 3 is 2.76 bits per heavy atom. The van der Waals surface area contributed by atoms with Crippen LogP contribution in [0.3, 0.4) is 0 Å². The number of rotatable bonds is 3. The van der Waals surface area contributed by atoms with Gasteiger partial charge in [-0.25, -0.2) is 4.98 Å². The van der Waals surface area contributed by atoms with Crippen molar-refractivity contribution in [2.75, 3.05) is 0 Å². The quantitative estimate of drug-likeness (QED) is 0.918. The van der Waals surface area contributed by atoms with Crippen molar-refractivity contribution in [2.24, 2.45) is 17.6 Å². The van der Waals surface area contributed by atoms with Crippen molar-refractivity contribution in [3.05, 3.63) is 5.82 Å². The highest BCUT2D eigenvalue weighted by Gasteiger charge is 2.33. The molecule has 17 heavy (non-hydrogen) atoms. The third-order valence-electron chi connectivity index (χ3n) is 3.43. The van der Waals surface area contributed by atoms with E-state index < -0.39 is 0 Å². The van der Waals surface area contributed by atoms with Gasteiger partial charge in [0.05, 0.1) is 0 Å². The number of thioether (sulfide) groups is 1. The zero-order chi connectivity index (χ0) is 12.4. The van der Waals surface area contributed by atoms with Crippen LogP contribution in [0.5, 0.6) is 0 Å². The molecule has 0 amide bonds. The lowest BCUT2D eigenvalue weighted by molar-refractivity contribution is 0.279. The maximum atomic E-state index is 6.28. The van der Waals surface area contributed by atoms with Gasteiger partial charge in [-0.2, -0.15) is 4.37 Å². The van der Waals surface area contributed by atoms with Gasteiger partial charge in [0, 0.05) is 17.7 Å². The van der Waals surface area contributed by atoms with Gasteiger partial charge in [-0.1, -0.05) is 32.5 Å². The SMILES string of the molecule is CCc1nsc(SC2C(C)CC(C)CC2N)n1. The van der Waals surface area contributed by atoms with Crippen LogP contribution in [0.2, 0.25) is 0 Å². The Balaban J connectivity index is 2.01. The summed E-state index contributed by atoms with van der Waals surface area (Å²) in [5.41, 5.74) is 6.28. The minimum atomic E-state index is 0.299. The Labute approximate surface area is 112 Å². The number of aryl methyl sites for hydroxylation is 1. The first-order valence-corrected chi connectivity index (χ1v) is 8.00. The van der Waals surface area contributed by atoms with Crippen LogP contribution in [0.25, 0.3) is 0 Å². The molecule has 0 bridgehead atoms. The third kappa shape index (κ3) is 3.20. The number of nitrogens with zero attached hydrogens (tertiary/aromatic N) is 2. The lowest BCUT2D eigenvalue weighted by atomic mass is 9.80. The standard InChI is InChI=1S/C12H21N3S2/c1-4-10-14-12(17-15-10)16-11-8(3)5-7(2)6-9(11)13/h7-9,11H,4-6,13H2,1-3H3. The lowest BCUT2D eigenvalue weighted by Crippen LogP contribution is -2.42. The molecule has 1 aliphatic carbocycles. The van der Waals surface area contributed by atoms with Gasteiger partial charge in [0.1, 0.15) is 5.82 Å². The van der Waals surface area contributed by atoms with Crippen LogP contribution in [0.15, 0.2) is 4.34 Å². The van der Waals surface area contributed by atoms with E-state index in [1.807, 2.05) is 11.8 Å². The molecule has 0 saturated heterocycles. The average Bonchev–Trinajstić information content (AvgIpc) is 2.71. The molecule has 2 N–H and O–H groups in total. The Kier molecular flexibility index (Phi) is 4.44. The minimum absolute atomic E-state index is 0.299. The van der Waals surface area contributed by atoms with Crippen LogP contribution in [0.1, 0.15) is 39.4 Å². The van der Waals surface area contributed by atoms with E-state index in [4.69, 9.17) is 5.73 Å². The molecule has 96 valence electrons. The molecule has 1 saturated carbocycles. The summed E-state index contributed by atoms with van der Waals surface area (Å²) in [6, 6.07) is 0.299. The number of aromatic nitrogens is 2. The molecule has 1 fully saturated rings. The fourth-order valence-electron chi connectivity index (χ4n) is 2.64. The zero-order valence-corrected chi connectivity index (χ0v) is 12.4. The van der Waals surface area contributed by atoms with Crippen molar-refractivity contribution in [3.63, 3.8) is 0 Å². The molecule has 0 aliphatic heterocycles. The molecular formula is C12H21N3S2. The highest BCUT2D eigenvalue weighted by atomic mass is 32.2. The molecule has 2 rings (SSSR count). The minimum Gasteiger partial charge on any atom is -0.327 e. The second kappa shape index (κ2) is 5.67. The predicted molar refractivity (Wildman–Crippen MR) is 74.5 cm³/mol. The molecule has 1 heterocycles. The molecule has 0 spiro atoms. The van der Waals surface area contributed by atoms with Gasteiger partial charge in [0.2, 0.25) is 0 Å². The van der Waals surface area contributed by atoms with E-state index in [1.54, 1.807) is 0 Å². The number of nitrogens with two attached hydrogens (primary N) is 1. The van der Waals surface area contributed by atoms with Gasteiger partial charge in [-0.15, -0.1) is 0 Å². The molecule has 1 aliphatic rings. The first-order valence-electron chi connectivity index (χ1n) is 6.35. The van der Waals surface area contributed by atoms with E-state index in [0.29, 0.717) is 17.2 Å².